The molecule has 1 aromatic rings. The summed E-state index contributed by atoms with van der Waals surface area (Å²) in [5, 5.41) is 8.04. The van der Waals surface area contributed by atoms with E-state index in [-0.39, 0.29) is 18.1 Å². The van der Waals surface area contributed by atoms with Gasteiger partial charge in [0.1, 0.15) is 0 Å². The van der Waals surface area contributed by atoms with Crippen molar-refractivity contribution in [2.45, 2.75) is 25.7 Å². The number of esters is 1. The number of anilines is 2. The van der Waals surface area contributed by atoms with Gasteiger partial charge in [0, 0.05) is 25.3 Å². The second-order valence-electron chi connectivity index (χ2n) is 7.58. The molecule has 0 atom stereocenters. The Morgan fingerprint density at radius 3 is 2.57 bits per heavy atom. The van der Waals surface area contributed by atoms with E-state index in [9.17, 15) is 14.4 Å². The molecule has 0 spiro atoms. The van der Waals surface area contributed by atoms with Crippen molar-refractivity contribution < 1.29 is 23.9 Å². The molecule has 9 nitrogen and oxygen atoms in total. The number of morpholine rings is 1. The SMILES string of the molecule is COC(=O)c1cc(N2CCOCC2)ccc1NC(=O)CNC(=O)NCC1CCCC1. The molecule has 0 aromatic heterocycles. The molecule has 1 saturated heterocycles. The molecule has 2 fully saturated rings. The van der Waals surface area contributed by atoms with Crippen molar-refractivity contribution in [2.75, 3.05) is 56.7 Å². The molecule has 30 heavy (non-hydrogen) atoms. The Balaban J connectivity index is 1.55. The minimum Gasteiger partial charge on any atom is -0.465 e. The van der Waals surface area contributed by atoms with Crippen LogP contribution in [-0.4, -0.2) is 64.4 Å². The number of amides is 3. The number of urea groups is 1. The third-order valence-corrected chi connectivity index (χ3v) is 5.49. The summed E-state index contributed by atoms with van der Waals surface area (Å²) in [6.07, 6.45) is 4.70. The molecule has 1 aliphatic carbocycles. The topological polar surface area (TPSA) is 109 Å². The zero-order chi connectivity index (χ0) is 21.3. The molecule has 0 bridgehead atoms. The van der Waals surface area contributed by atoms with Crippen molar-refractivity contribution in [1.82, 2.24) is 10.6 Å². The fourth-order valence-electron chi connectivity index (χ4n) is 3.81. The Bertz CT molecular complexity index is 758. The zero-order valence-electron chi connectivity index (χ0n) is 17.4. The summed E-state index contributed by atoms with van der Waals surface area (Å²) in [5.41, 5.74) is 1.47. The van der Waals surface area contributed by atoms with Crippen molar-refractivity contribution in [3.05, 3.63) is 23.8 Å². The van der Waals surface area contributed by atoms with E-state index in [1.807, 2.05) is 6.07 Å². The number of benzene rings is 1. The lowest BCUT2D eigenvalue weighted by molar-refractivity contribution is -0.115. The molecular formula is C21H30N4O5. The molecule has 1 saturated carbocycles. The molecule has 164 valence electrons. The lowest BCUT2D eigenvalue weighted by atomic mass is 10.1. The van der Waals surface area contributed by atoms with E-state index in [2.05, 4.69) is 20.9 Å². The van der Waals surface area contributed by atoms with Gasteiger partial charge in [-0.15, -0.1) is 0 Å². The molecule has 0 radical (unpaired) electrons. The normalized spacial score (nSPS) is 16.8. The number of ether oxygens (including phenoxy) is 2. The highest BCUT2D eigenvalue weighted by molar-refractivity contribution is 6.03. The monoisotopic (exact) mass is 418 g/mol. The van der Waals surface area contributed by atoms with Gasteiger partial charge in [-0.25, -0.2) is 9.59 Å². The first-order chi connectivity index (χ1) is 14.6. The van der Waals surface area contributed by atoms with Gasteiger partial charge in [-0.1, -0.05) is 12.8 Å². The van der Waals surface area contributed by atoms with Gasteiger partial charge in [-0.3, -0.25) is 4.79 Å². The predicted octanol–water partition coefficient (Wildman–Crippen LogP) is 1.74. The van der Waals surface area contributed by atoms with Gasteiger partial charge < -0.3 is 30.3 Å². The summed E-state index contributed by atoms with van der Waals surface area (Å²) in [5.74, 6) is -0.435. The number of rotatable bonds is 7. The minimum absolute atomic E-state index is 0.192. The van der Waals surface area contributed by atoms with Crippen LogP contribution in [0.5, 0.6) is 0 Å². The molecule has 0 unspecified atom stereocenters. The van der Waals surface area contributed by atoms with E-state index in [0.29, 0.717) is 31.4 Å². The van der Waals surface area contributed by atoms with Gasteiger partial charge >= 0.3 is 12.0 Å². The fourth-order valence-corrected chi connectivity index (χ4v) is 3.81. The number of hydrogen-bond acceptors (Lipinski definition) is 6. The minimum atomic E-state index is -0.539. The van der Waals surface area contributed by atoms with Crippen LogP contribution in [0.15, 0.2) is 18.2 Å². The average Bonchev–Trinajstić information content (AvgIpc) is 3.30. The van der Waals surface area contributed by atoms with Crippen LogP contribution in [0.2, 0.25) is 0 Å². The molecular weight excluding hydrogens is 388 g/mol. The van der Waals surface area contributed by atoms with Crippen LogP contribution in [0.25, 0.3) is 0 Å². The molecule has 2 aliphatic rings. The van der Waals surface area contributed by atoms with Crippen molar-refractivity contribution in [3.8, 4) is 0 Å². The Hall–Kier alpha value is -2.81. The molecule has 3 amide bonds. The summed E-state index contributed by atoms with van der Waals surface area (Å²) in [4.78, 5) is 38.5. The van der Waals surface area contributed by atoms with Gasteiger partial charge in [0.2, 0.25) is 5.91 Å². The second-order valence-corrected chi connectivity index (χ2v) is 7.58. The third-order valence-electron chi connectivity index (χ3n) is 5.49. The summed E-state index contributed by atoms with van der Waals surface area (Å²) in [6.45, 7) is 3.14. The summed E-state index contributed by atoms with van der Waals surface area (Å²) < 4.78 is 10.2. The summed E-state index contributed by atoms with van der Waals surface area (Å²) in [7, 11) is 1.30. The molecule has 1 aliphatic heterocycles. The third kappa shape index (κ3) is 6.09. The summed E-state index contributed by atoms with van der Waals surface area (Å²) in [6, 6.07) is 4.85. The van der Waals surface area contributed by atoms with E-state index in [1.54, 1.807) is 12.1 Å². The molecule has 3 rings (SSSR count). The Labute approximate surface area is 176 Å². The van der Waals surface area contributed by atoms with Crippen LogP contribution in [0.4, 0.5) is 16.2 Å². The number of nitrogens with one attached hydrogen (secondary N) is 3. The number of nitrogens with zero attached hydrogens (tertiary/aromatic N) is 1. The maximum atomic E-state index is 12.3. The molecule has 3 N–H and O–H groups in total. The van der Waals surface area contributed by atoms with Gasteiger partial charge in [-0.05, 0) is 37.0 Å². The Kier molecular flexibility index (Phi) is 7.89. The van der Waals surface area contributed by atoms with Crippen molar-refractivity contribution in [1.29, 1.82) is 0 Å². The standard InChI is InChI=1S/C21H30N4O5/c1-29-20(27)17-12-16(25-8-10-30-11-9-25)6-7-18(17)24-19(26)14-23-21(28)22-13-15-4-2-3-5-15/h6-7,12,15H,2-5,8-11,13-14H2,1H3,(H,24,26)(H2,22,23,28). The van der Waals surface area contributed by atoms with Crippen LogP contribution in [0.1, 0.15) is 36.0 Å². The maximum absolute atomic E-state index is 12.3. The van der Waals surface area contributed by atoms with E-state index in [0.717, 1.165) is 31.6 Å². The number of hydrogen-bond donors (Lipinski definition) is 3. The van der Waals surface area contributed by atoms with E-state index in [1.165, 1.54) is 20.0 Å². The maximum Gasteiger partial charge on any atom is 0.340 e. The van der Waals surface area contributed by atoms with Crippen molar-refractivity contribution in [3.63, 3.8) is 0 Å². The van der Waals surface area contributed by atoms with Gasteiger partial charge in [0.15, 0.2) is 0 Å². The fraction of sp³-hybridized carbons (Fsp3) is 0.571. The quantitative estimate of drug-likeness (QED) is 0.582. The molecule has 9 heteroatoms. The first kappa shape index (κ1) is 21.9. The van der Waals surface area contributed by atoms with E-state index < -0.39 is 11.9 Å². The van der Waals surface area contributed by atoms with E-state index in [4.69, 9.17) is 9.47 Å². The molecule has 1 aromatic carbocycles. The Morgan fingerprint density at radius 1 is 1.13 bits per heavy atom. The van der Waals surface area contributed by atoms with E-state index >= 15 is 0 Å². The molecule has 1 heterocycles. The predicted molar refractivity (Wildman–Crippen MR) is 113 cm³/mol. The lowest BCUT2D eigenvalue weighted by Crippen LogP contribution is -2.41. The van der Waals surface area contributed by atoms with Gasteiger partial charge in [0.25, 0.3) is 0 Å². The van der Waals surface area contributed by atoms with Crippen molar-refractivity contribution >= 4 is 29.3 Å². The summed E-state index contributed by atoms with van der Waals surface area (Å²) >= 11 is 0. The van der Waals surface area contributed by atoms with Crippen LogP contribution in [0, 0.1) is 5.92 Å². The second kappa shape index (κ2) is 10.8. The number of carbonyl (C=O) groups excluding carboxylic acids is 3. The van der Waals surface area contributed by atoms with Gasteiger partial charge in [0.05, 0.1) is 38.1 Å². The highest BCUT2D eigenvalue weighted by atomic mass is 16.5. The zero-order valence-corrected chi connectivity index (χ0v) is 17.4. The van der Waals surface area contributed by atoms with Crippen LogP contribution < -0.4 is 20.9 Å². The largest absolute Gasteiger partial charge is 0.465 e. The van der Waals surface area contributed by atoms with Crippen molar-refractivity contribution in [2.24, 2.45) is 5.92 Å². The number of methoxy groups -OCH3 is 1. The highest BCUT2D eigenvalue weighted by Crippen LogP contribution is 2.25. The van der Waals surface area contributed by atoms with Crippen LogP contribution in [-0.2, 0) is 14.3 Å². The average molecular weight is 418 g/mol. The highest BCUT2D eigenvalue weighted by Gasteiger charge is 2.19. The number of carbonyl (C=O) groups is 3. The van der Waals surface area contributed by atoms with Crippen LogP contribution >= 0.6 is 0 Å². The smallest absolute Gasteiger partial charge is 0.340 e. The lowest BCUT2D eigenvalue weighted by Gasteiger charge is -2.29. The Morgan fingerprint density at radius 2 is 1.87 bits per heavy atom. The van der Waals surface area contributed by atoms with Gasteiger partial charge in [-0.2, -0.15) is 0 Å². The van der Waals surface area contributed by atoms with Crippen LogP contribution in [0.3, 0.4) is 0 Å². The first-order valence-corrected chi connectivity index (χ1v) is 10.4. The first-order valence-electron chi connectivity index (χ1n) is 10.4.